The lowest BCUT2D eigenvalue weighted by atomic mass is 10.2. The molecule has 0 bridgehead atoms. The molecule has 3 nitrogen and oxygen atoms in total. The fourth-order valence-corrected chi connectivity index (χ4v) is 2.01. The number of benzene rings is 1. The number of hydrogen-bond acceptors (Lipinski definition) is 3. The molecule has 2 rings (SSSR count). The number of aromatic nitrogens is 2. The molecule has 0 aliphatic rings. The molecule has 0 spiro atoms. The zero-order valence-electron chi connectivity index (χ0n) is 10.1. The van der Waals surface area contributed by atoms with Gasteiger partial charge in [-0.2, -0.15) is 0 Å². The molecular weight excluding hydrogens is 316 g/mol. The van der Waals surface area contributed by atoms with Gasteiger partial charge in [0.05, 0.1) is 0 Å². The van der Waals surface area contributed by atoms with Crippen molar-refractivity contribution in [3.63, 3.8) is 0 Å². The van der Waals surface area contributed by atoms with Gasteiger partial charge in [-0.25, -0.2) is 9.97 Å². The molecule has 0 aliphatic heterocycles. The summed E-state index contributed by atoms with van der Waals surface area (Å²) in [6, 6.07) is 7.53. The SMILES string of the molecule is Cc1cc(Cl)nc(COc2ccc(Br)c(C)c2)n1. The van der Waals surface area contributed by atoms with Crippen LogP contribution in [0.2, 0.25) is 5.15 Å². The van der Waals surface area contributed by atoms with Crippen molar-refractivity contribution in [1.29, 1.82) is 0 Å². The fourth-order valence-electron chi connectivity index (χ4n) is 1.51. The molecule has 0 saturated heterocycles. The van der Waals surface area contributed by atoms with Crippen LogP contribution >= 0.6 is 27.5 Å². The lowest BCUT2D eigenvalue weighted by molar-refractivity contribution is 0.295. The van der Waals surface area contributed by atoms with Crippen LogP contribution in [0.1, 0.15) is 17.1 Å². The predicted octanol–water partition coefficient (Wildman–Crippen LogP) is 4.09. The second-order valence-corrected chi connectivity index (χ2v) is 5.19. The molecule has 0 unspecified atom stereocenters. The molecule has 0 atom stereocenters. The minimum atomic E-state index is 0.308. The van der Waals surface area contributed by atoms with Gasteiger partial charge in [0.15, 0.2) is 5.82 Å². The van der Waals surface area contributed by atoms with Gasteiger partial charge in [0.25, 0.3) is 0 Å². The zero-order valence-corrected chi connectivity index (χ0v) is 12.4. The average molecular weight is 328 g/mol. The van der Waals surface area contributed by atoms with E-state index in [2.05, 4.69) is 25.9 Å². The maximum atomic E-state index is 5.87. The standard InChI is InChI=1S/C13H12BrClN2O/c1-8-5-10(3-4-11(8)14)18-7-13-16-9(2)6-12(15)17-13/h3-6H,7H2,1-2H3. The molecule has 1 heterocycles. The zero-order chi connectivity index (χ0) is 13.1. The minimum Gasteiger partial charge on any atom is -0.486 e. The summed E-state index contributed by atoms with van der Waals surface area (Å²) in [5.41, 5.74) is 1.95. The third kappa shape index (κ3) is 3.43. The van der Waals surface area contributed by atoms with E-state index in [0.29, 0.717) is 17.6 Å². The first kappa shape index (κ1) is 13.3. The maximum absolute atomic E-state index is 5.87. The first-order chi connectivity index (χ1) is 8.54. The summed E-state index contributed by atoms with van der Waals surface area (Å²) in [6.45, 7) is 4.19. The number of nitrogens with zero attached hydrogens (tertiary/aromatic N) is 2. The Labute approximate surface area is 119 Å². The van der Waals surface area contributed by atoms with Gasteiger partial charge in [-0.15, -0.1) is 0 Å². The monoisotopic (exact) mass is 326 g/mol. The molecule has 2 aromatic rings. The third-order valence-electron chi connectivity index (χ3n) is 2.37. The summed E-state index contributed by atoms with van der Waals surface area (Å²) in [5.74, 6) is 1.37. The van der Waals surface area contributed by atoms with Crippen molar-refractivity contribution >= 4 is 27.5 Å². The number of aryl methyl sites for hydroxylation is 2. The van der Waals surface area contributed by atoms with Crippen molar-refractivity contribution in [3.05, 3.63) is 51.0 Å². The van der Waals surface area contributed by atoms with E-state index in [0.717, 1.165) is 21.5 Å². The number of ether oxygens (including phenoxy) is 1. The topological polar surface area (TPSA) is 35.0 Å². The molecule has 0 aliphatic carbocycles. The van der Waals surface area contributed by atoms with Crippen LogP contribution in [0.15, 0.2) is 28.7 Å². The van der Waals surface area contributed by atoms with Crippen LogP contribution in [-0.4, -0.2) is 9.97 Å². The lowest BCUT2D eigenvalue weighted by Crippen LogP contribution is -2.03. The highest BCUT2D eigenvalue weighted by molar-refractivity contribution is 9.10. The van der Waals surface area contributed by atoms with Crippen LogP contribution in [0.4, 0.5) is 0 Å². The van der Waals surface area contributed by atoms with Gasteiger partial charge in [0.2, 0.25) is 0 Å². The van der Waals surface area contributed by atoms with Gasteiger partial charge in [-0.1, -0.05) is 27.5 Å². The Hall–Kier alpha value is -1.13. The Morgan fingerprint density at radius 2 is 2.00 bits per heavy atom. The second kappa shape index (κ2) is 5.67. The summed E-state index contributed by atoms with van der Waals surface area (Å²) in [4.78, 5) is 8.37. The molecule has 0 fully saturated rings. The quantitative estimate of drug-likeness (QED) is 0.797. The fraction of sp³-hybridized carbons (Fsp3) is 0.231. The highest BCUT2D eigenvalue weighted by Gasteiger charge is 2.03. The molecule has 1 aromatic carbocycles. The molecule has 0 amide bonds. The van der Waals surface area contributed by atoms with Crippen molar-refractivity contribution in [2.24, 2.45) is 0 Å². The van der Waals surface area contributed by atoms with Crippen molar-refractivity contribution in [2.75, 3.05) is 0 Å². The molecule has 5 heteroatoms. The van der Waals surface area contributed by atoms with Crippen molar-refractivity contribution in [1.82, 2.24) is 9.97 Å². The number of rotatable bonds is 3. The van der Waals surface area contributed by atoms with E-state index in [4.69, 9.17) is 16.3 Å². The molecule has 0 radical (unpaired) electrons. The summed E-state index contributed by atoms with van der Waals surface area (Å²) in [6.07, 6.45) is 0. The van der Waals surface area contributed by atoms with Crippen LogP contribution in [0.3, 0.4) is 0 Å². The lowest BCUT2D eigenvalue weighted by Gasteiger charge is -2.07. The molecule has 1 aromatic heterocycles. The van der Waals surface area contributed by atoms with Gasteiger partial charge in [0.1, 0.15) is 17.5 Å². The molecule has 0 N–H and O–H groups in total. The summed E-state index contributed by atoms with van der Waals surface area (Å²) < 4.78 is 6.69. The largest absolute Gasteiger partial charge is 0.486 e. The van der Waals surface area contributed by atoms with Gasteiger partial charge in [-0.05, 0) is 43.7 Å². The van der Waals surface area contributed by atoms with Crippen LogP contribution in [0.25, 0.3) is 0 Å². The first-order valence-corrected chi connectivity index (χ1v) is 6.61. The molecule has 18 heavy (non-hydrogen) atoms. The van der Waals surface area contributed by atoms with Crippen LogP contribution in [0.5, 0.6) is 5.75 Å². The number of hydrogen-bond donors (Lipinski definition) is 0. The van der Waals surface area contributed by atoms with E-state index in [9.17, 15) is 0 Å². The van der Waals surface area contributed by atoms with Crippen molar-refractivity contribution < 1.29 is 4.74 Å². The van der Waals surface area contributed by atoms with E-state index in [-0.39, 0.29) is 0 Å². The van der Waals surface area contributed by atoms with E-state index >= 15 is 0 Å². The Kier molecular flexibility index (Phi) is 4.19. The van der Waals surface area contributed by atoms with Crippen molar-refractivity contribution in [2.45, 2.75) is 20.5 Å². The Morgan fingerprint density at radius 1 is 1.22 bits per heavy atom. The van der Waals surface area contributed by atoms with Crippen LogP contribution in [0, 0.1) is 13.8 Å². The second-order valence-electron chi connectivity index (χ2n) is 3.95. The first-order valence-electron chi connectivity index (χ1n) is 5.43. The molecule has 94 valence electrons. The third-order valence-corrected chi connectivity index (χ3v) is 3.45. The average Bonchev–Trinajstić information content (AvgIpc) is 2.29. The Morgan fingerprint density at radius 3 is 2.67 bits per heavy atom. The van der Waals surface area contributed by atoms with Gasteiger partial charge in [-0.3, -0.25) is 0 Å². The van der Waals surface area contributed by atoms with Gasteiger partial charge < -0.3 is 4.74 Å². The maximum Gasteiger partial charge on any atom is 0.167 e. The Bertz CT molecular complexity index is 555. The normalized spacial score (nSPS) is 10.4. The Balaban J connectivity index is 2.08. The van der Waals surface area contributed by atoms with Crippen molar-refractivity contribution in [3.8, 4) is 5.75 Å². The smallest absolute Gasteiger partial charge is 0.167 e. The van der Waals surface area contributed by atoms with Gasteiger partial charge in [0, 0.05) is 10.2 Å². The van der Waals surface area contributed by atoms with E-state index in [1.807, 2.05) is 32.0 Å². The predicted molar refractivity (Wildman–Crippen MR) is 75.0 cm³/mol. The molecular formula is C13H12BrClN2O. The summed E-state index contributed by atoms with van der Waals surface area (Å²) in [7, 11) is 0. The summed E-state index contributed by atoms with van der Waals surface area (Å²) in [5, 5.41) is 0.438. The summed E-state index contributed by atoms with van der Waals surface area (Å²) >= 11 is 9.31. The minimum absolute atomic E-state index is 0.308. The van der Waals surface area contributed by atoms with Crippen LogP contribution < -0.4 is 4.74 Å². The van der Waals surface area contributed by atoms with Crippen LogP contribution in [-0.2, 0) is 6.61 Å². The molecule has 0 saturated carbocycles. The van der Waals surface area contributed by atoms with Gasteiger partial charge >= 0.3 is 0 Å². The van der Waals surface area contributed by atoms with E-state index < -0.39 is 0 Å². The number of halogens is 2. The van der Waals surface area contributed by atoms with E-state index in [1.54, 1.807) is 6.07 Å². The van der Waals surface area contributed by atoms with E-state index in [1.165, 1.54) is 0 Å². The highest BCUT2D eigenvalue weighted by atomic mass is 79.9. The highest BCUT2D eigenvalue weighted by Crippen LogP contribution is 2.22.